The van der Waals surface area contributed by atoms with Gasteiger partial charge >= 0.3 is 0 Å². The molecule has 0 saturated carbocycles. The fraction of sp³-hybridized carbons (Fsp3) is 0.333. The number of nitrogen functional groups attached to an aromatic ring is 1. The zero-order chi connectivity index (χ0) is 13.1. The van der Waals surface area contributed by atoms with Crippen LogP contribution in [0.5, 0.6) is 0 Å². The average molecular weight is 254 g/mol. The first-order valence-corrected chi connectivity index (χ1v) is 6.92. The SMILES string of the molecule is C=CC(C)NS(=O)(=O)c1cc(N)ccc1CC. The molecule has 4 nitrogen and oxygen atoms in total. The second kappa shape index (κ2) is 5.33. The van der Waals surface area contributed by atoms with Gasteiger partial charge in [-0.3, -0.25) is 0 Å². The van der Waals surface area contributed by atoms with Crippen LogP contribution in [-0.2, 0) is 16.4 Å². The first kappa shape index (κ1) is 13.7. The fourth-order valence-corrected chi connectivity index (χ4v) is 3.03. The molecule has 0 amide bonds. The Morgan fingerprint density at radius 2 is 2.18 bits per heavy atom. The molecular weight excluding hydrogens is 236 g/mol. The van der Waals surface area contributed by atoms with Gasteiger partial charge in [-0.25, -0.2) is 13.1 Å². The number of aryl methyl sites for hydroxylation is 1. The molecule has 3 N–H and O–H groups in total. The zero-order valence-electron chi connectivity index (χ0n) is 10.1. The van der Waals surface area contributed by atoms with Gasteiger partial charge in [-0.15, -0.1) is 6.58 Å². The molecule has 1 rings (SSSR count). The summed E-state index contributed by atoms with van der Waals surface area (Å²) in [6.07, 6.45) is 2.18. The molecule has 0 aromatic heterocycles. The highest BCUT2D eigenvalue weighted by Crippen LogP contribution is 2.19. The van der Waals surface area contributed by atoms with Crippen LogP contribution >= 0.6 is 0 Å². The van der Waals surface area contributed by atoms with E-state index in [-0.39, 0.29) is 10.9 Å². The summed E-state index contributed by atoms with van der Waals surface area (Å²) in [6.45, 7) is 7.18. The van der Waals surface area contributed by atoms with Crippen LogP contribution in [0.4, 0.5) is 5.69 Å². The topological polar surface area (TPSA) is 72.2 Å². The molecule has 0 aliphatic heterocycles. The minimum atomic E-state index is -3.54. The van der Waals surface area contributed by atoms with Crippen molar-refractivity contribution in [2.45, 2.75) is 31.2 Å². The number of nitrogens with two attached hydrogens (primary N) is 1. The summed E-state index contributed by atoms with van der Waals surface area (Å²) in [7, 11) is -3.54. The van der Waals surface area contributed by atoms with Crippen LogP contribution in [0, 0.1) is 0 Å². The molecule has 5 heteroatoms. The van der Waals surface area contributed by atoms with E-state index in [0.29, 0.717) is 12.1 Å². The van der Waals surface area contributed by atoms with E-state index < -0.39 is 10.0 Å². The maximum absolute atomic E-state index is 12.1. The van der Waals surface area contributed by atoms with E-state index in [1.807, 2.05) is 6.92 Å². The van der Waals surface area contributed by atoms with Crippen LogP contribution < -0.4 is 10.5 Å². The Balaban J connectivity index is 3.22. The summed E-state index contributed by atoms with van der Waals surface area (Å²) in [5.74, 6) is 0. The summed E-state index contributed by atoms with van der Waals surface area (Å²) >= 11 is 0. The van der Waals surface area contributed by atoms with Crippen molar-refractivity contribution in [3.05, 3.63) is 36.4 Å². The zero-order valence-corrected chi connectivity index (χ0v) is 10.9. The average Bonchev–Trinajstić information content (AvgIpc) is 2.28. The normalized spacial score (nSPS) is 13.3. The molecule has 1 unspecified atom stereocenters. The Kier molecular flexibility index (Phi) is 4.31. The highest BCUT2D eigenvalue weighted by atomic mass is 32.2. The molecule has 17 heavy (non-hydrogen) atoms. The van der Waals surface area contributed by atoms with Crippen molar-refractivity contribution in [2.24, 2.45) is 0 Å². The second-order valence-corrected chi connectivity index (χ2v) is 5.55. The van der Waals surface area contributed by atoms with E-state index in [1.54, 1.807) is 19.1 Å². The van der Waals surface area contributed by atoms with Crippen LogP contribution in [-0.4, -0.2) is 14.5 Å². The summed E-state index contributed by atoms with van der Waals surface area (Å²) in [6, 6.07) is 4.61. The lowest BCUT2D eigenvalue weighted by atomic mass is 10.1. The van der Waals surface area contributed by atoms with Crippen molar-refractivity contribution in [2.75, 3.05) is 5.73 Å². The minimum Gasteiger partial charge on any atom is -0.399 e. The van der Waals surface area contributed by atoms with Gasteiger partial charge in [0.15, 0.2) is 0 Å². The van der Waals surface area contributed by atoms with E-state index in [1.165, 1.54) is 12.1 Å². The third-order valence-electron chi connectivity index (χ3n) is 2.46. The van der Waals surface area contributed by atoms with E-state index in [2.05, 4.69) is 11.3 Å². The van der Waals surface area contributed by atoms with Crippen molar-refractivity contribution < 1.29 is 8.42 Å². The number of anilines is 1. The minimum absolute atomic E-state index is 0.244. The van der Waals surface area contributed by atoms with E-state index in [9.17, 15) is 8.42 Å². The van der Waals surface area contributed by atoms with Crippen molar-refractivity contribution >= 4 is 15.7 Å². The summed E-state index contributed by atoms with van der Waals surface area (Å²) in [5, 5.41) is 0. The standard InChI is InChI=1S/C12H18N2O2S/c1-4-9(3)14-17(15,16)12-8-11(13)7-6-10(12)5-2/h4,6-9,14H,1,5,13H2,2-3H3. The lowest BCUT2D eigenvalue weighted by molar-refractivity contribution is 0.575. The molecule has 1 aromatic rings. The smallest absolute Gasteiger partial charge is 0.241 e. The van der Waals surface area contributed by atoms with Crippen LogP contribution in [0.1, 0.15) is 19.4 Å². The molecule has 0 bridgehead atoms. The van der Waals surface area contributed by atoms with Gasteiger partial charge in [0.25, 0.3) is 0 Å². The lowest BCUT2D eigenvalue weighted by Crippen LogP contribution is -2.31. The summed E-state index contributed by atoms with van der Waals surface area (Å²) in [4.78, 5) is 0.244. The molecule has 1 aromatic carbocycles. The predicted molar refractivity (Wildman–Crippen MR) is 70.2 cm³/mol. The van der Waals surface area contributed by atoms with Crippen molar-refractivity contribution in [1.29, 1.82) is 0 Å². The van der Waals surface area contributed by atoms with Gasteiger partial charge in [-0.2, -0.15) is 0 Å². The summed E-state index contributed by atoms with van der Waals surface area (Å²) < 4.78 is 26.8. The van der Waals surface area contributed by atoms with Crippen molar-refractivity contribution in [3.8, 4) is 0 Å². The number of hydrogen-bond donors (Lipinski definition) is 2. The second-order valence-electron chi connectivity index (χ2n) is 3.87. The number of hydrogen-bond acceptors (Lipinski definition) is 3. The fourth-order valence-electron chi connectivity index (χ4n) is 1.47. The van der Waals surface area contributed by atoms with Gasteiger partial charge < -0.3 is 5.73 Å². The molecule has 0 heterocycles. The van der Waals surface area contributed by atoms with Gasteiger partial charge in [0.1, 0.15) is 0 Å². The van der Waals surface area contributed by atoms with Crippen LogP contribution in [0.15, 0.2) is 35.7 Å². The Morgan fingerprint density at radius 1 is 1.53 bits per heavy atom. The maximum Gasteiger partial charge on any atom is 0.241 e. The molecule has 0 saturated heterocycles. The molecule has 0 aliphatic carbocycles. The quantitative estimate of drug-likeness (QED) is 0.620. The van der Waals surface area contributed by atoms with E-state index >= 15 is 0 Å². The van der Waals surface area contributed by atoms with Gasteiger partial charge in [0.2, 0.25) is 10.0 Å². The Bertz CT molecular complexity index is 509. The van der Waals surface area contributed by atoms with Gasteiger partial charge in [0.05, 0.1) is 4.90 Å². The highest BCUT2D eigenvalue weighted by Gasteiger charge is 2.19. The third kappa shape index (κ3) is 3.31. The first-order chi connectivity index (χ1) is 7.90. The number of nitrogens with one attached hydrogen (secondary N) is 1. The highest BCUT2D eigenvalue weighted by molar-refractivity contribution is 7.89. The number of sulfonamides is 1. The molecule has 0 fully saturated rings. The molecule has 1 atom stereocenters. The van der Waals surface area contributed by atoms with Crippen molar-refractivity contribution in [1.82, 2.24) is 4.72 Å². The lowest BCUT2D eigenvalue weighted by Gasteiger charge is -2.13. The number of rotatable bonds is 5. The van der Waals surface area contributed by atoms with Crippen LogP contribution in [0.25, 0.3) is 0 Å². The Hall–Kier alpha value is -1.33. The molecular formula is C12H18N2O2S. The summed E-state index contributed by atoms with van der Waals surface area (Å²) in [5.41, 5.74) is 6.82. The van der Waals surface area contributed by atoms with Gasteiger partial charge in [0, 0.05) is 11.7 Å². The number of benzene rings is 1. The molecule has 0 radical (unpaired) electrons. The first-order valence-electron chi connectivity index (χ1n) is 5.44. The van der Waals surface area contributed by atoms with Crippen LogP contribution in [0.2, 0.25) is 0 Å². The van der Waals surface area contributed by atoms with E-state index in [4.69, 9.17) is 5.73 Å². The Morgan fingerprint density at radius 3 is 2.71 bits per heavy atom. The molecule has 0 spiro atoms. The van der Waals surface area contributed by atoms with E-state index in [0.717, 1.165) is 5.56 Å². The molecule has 0 aliphatic rings. The van der Waals surface area contributed by atoms with Gasteiger partial charge in [-0.1, -0.05) is 19.1 Å². The monoisotopic (exact) mass is 254 g/mol. The molecule has 94 valence electrons. The third-order valence-corrected chi connectivity index (χ3v) is 4.10. The van der Waals surface area contributed by atoms with Crippen molar-refractivity contribution in [3.63, 3.8) is 0 Å². The van der Waals surface area contributed by atoms with Crippen LogP contribution in [0.3, 0.4) is 0 Å². The van der Waals surface area contributed by atoms with Gasteiger partial charge in [-0.05, 0) is 31.0 Å². The Labute approximate surface area is 103 Å². The maximum atomic E-state index is 12.1. The largest absolute Gasteiger partial charge is 0.399 e. The predicted octanol–water partition coefficient (Wildman–Crippen LogP) is 1.68.